The van der Waals surface area contributed by atoms with Crippen LogP contribution >= 0.6 is 0 Å². The normalized spacial score (nSPS) is 10.7. The molecule has 0 saturated heterocycles. The second-order valence-electron chi connectivity index (χ2n) is 6.20. The molecule has 2 nitrogen and oxygen atoms in total. The molecule has 0 spiro atoms. The zero-order valence-corrected chi connectivity index (χ0v) is 14.4. The number of halogens is 2. The third kappa shape index (κ3) is 3.29. The Balaban J connectivity index is 1.78. The average molecular weight is 358 g/mol. The maximum Gasteiger partial charge on any atom is 0.131 e. The van der Waals surface area contributed by atoms with Crippen molar-refractivity contribution in [3.63, 3.8) is 0 Å². The van der Waals surface area contributed by atoms with E-state index in [2.05, 4.69) is 4.98 Å². The first-order valence-corrected chi connectivity index (χ1v) is 8.49. The molecule has 2 N–H and O–H groups in total. The first-order chi connectivity index (χ1) is 13.1. The van der Waals surface area contributed by atoms with Crippen LogP contribution in [0, 0.1) is 11.6 Å². The van der Waals surface area contributed by atoms with Crippen molar-refractivity contribution >= 4 is 5.82 Å². The third-order valence-electron chi connectivity index (χ3n) is 4.47. The Bertz CT molecular complexity index is 1110. The smallest absolute Gasteiger partial charge is 0.131 e. The van der Waals surface area contributed by atoms with Gasteiger partial charge in [0.25, 0.3) is 0 Å². The molecule has 1 heterocycles. The van der Waals surface area contributed by atoms with E-state index in [0.29, 0.717) is 22.3 Å². The molecule has 0 aliphatic carbocycles. The van der Waals surface area contributed by atoms with Crippen LogP contribution in [0.3, 0.4) is 0 Å². The zero-order chi connectivity index (χ0) is 18.8. The first-order valence-electron chi connectivity index (χ1n) is 8.49. The van der Waals surface area contributed by atoms with Crippen molar-refractivity contribution in [3.8, 4) is 33.4 Å². The minimum Gasteiger partial charge on any atom is -0.383 e. The fraction of sp³-hybridized carbons (Fsp3) is 0. The highest BCUT2D eigenvalue weighted by Gasteiger charge is 2.13. The third-order valence-corrected chi connectivity index (χ3v) is 4.47. The Hall–Kier alpha value is -3.53. The highest BCUT2D eigenvalue weighted by atomic mass is 19.1. The van der Waals surface area contributed by atoms with Crippen LogP contribution in [0.4, 0.5) is 14.6 Å². The first kappa shape index (κ1) is 16.9. The number of hydrogen-bond acceptors (Lipinski definition) is 2. The number of hydrogen-bond donors (Lipinski definition) is 1. The lowest BCUT2D eigenvalue weighted by Gasteiger charge is -2.11. The number of nitrogens with two attached hydrogens (primary N) is 1. The molecule has 3 aromatic carbocycles. The van der Waals surface area contributed by atoms with Gasteiger partial charge in [-0.05, 0) is 29.3 Å². The van der Waals surface area contributed by atoms with Gasteiger partial charge < -0.3 is 5.73 Å². The lowest BCUT2D eigenvalue weighted by molar-refractivity contribution is 0.631. The number of aromatic nitrogens is 1. The SMILES string of the molecule is Nc1ncc(-c2ccc(-c3ccccc3)cc2F)cc1-c1ccccc1F. The van der Waals surface area contributed by atoms with Crippen LogP contribution in [-0.2, 0) is 0 Å². The van der Waals surface area contributed by atoms with E-state index in [-0.39, 0.29) is 11.6 Å². The van der Waals surface area contributed by atoms with Crippen molar-refractivity contribution in [1.29, 1.82) is 0 Å². The number of pyridine rings is 1. The Morgan fingerprint density at radius 3 is 2.07 bits per heavy atom. The van der Waals surface area contributed by atoms with Gasteiger partial charge in [-0.1, -0.05) is 60.7 Å². The van der Waals surface area contributed by atoms with Crippen molar-refractivity contribution in [3.05, 3.63) is 96.7 Å². The summed E-state index contributed by atoms with van der Waals surface area (Å²) in [4.78, 5) is 4.14. The van der Waals surface area contributed by atoms with Crippen LogP contribution < -0.4 is 5.73 Å². The minimum absolute atomic E-state index is 0.199. The monoisotopic (exact) mass is 358 g/mol. The van der Waals surface area contributed by atoms with E-state index in [1.807, 2.05) is 36.4 Å². The lowest BCUT2D eigenvalue weighted by Crippen LogP contribution is -1.97. The van der Waals surface area contributed by atoms with Gasteiger partial charge in [0.05, 0.1) is 0 Å². The molecule has 4 rings (SSSR count). The van der Waals surface area contributed by atoms with Gasteiger partial charge in [0.2, 0.25) is 0 Å². The molecule has 0 aliphatic rings. The molecule has 4 aromatic rings. The summed E-state index contributed by atoms with van der Waals surface area (Å²) < 4.78 is 29.0. The standard InChI is InChI=1S/C23H16F2N2/c24-21-9-5-4-8-19(21)20-12-17(14-27-23(20)26)18-11-10-16(13-22(18)25)15-6-2-1-3-7-15/h1-14H,(H2,26,27). The summed E-state index contributed by atoms with van der Waals surface area (Å²) in [5, 5.41) is 0. The molecule has 1 aromatic heterocycles. The van der Waals surface area contributed by atoms with Gasteiger partial charge in [0.15, 0.2) is 0 Å². The summed E-state index contributed by atoms with van der Waals surface area (Å²) in [7, 11) is 0. The van der Waals surface area contributed by atoms with Gasteiger partial charge in [0.1, 0.15) is 17.5 Å². The number of nitrogens with zero attached hydrogens (tertiary/aromatic N) is 1. The molecule has 0 atom stereocenters. The number of nitrogen functional groups attached to an aromatic ring is 1. The molecular formula is C23H16F2N2. The number of anilines is 1. The molecule has 0 bridgehead atoms. The maximum absolute atomic E-state index is 14.8. The van der Waals surface area contributed by atoms with E-state index in [4.69, 9.17) is 5.73 Å². The van der Waals surface area contributed by atoms with Crippen LogP contribution in [0.1, 0.15) is 0 Å². The Labute approximate surface area is 155 Å². The number of benzene rings is 3. The average Bonchev–Trinajstić information content (AvgIpc) is 2.70. The summed E-state index contributed by atoms with van der Waals surface area (Å²) in [6, 6.07) is 22.6. The van der Waals surface area contributed by atoms with E-state index in [1.54, 1.807) is 30.3 Å². The number of rotatable bonds is 3. The summed E-state index contributed by atoms with van der Waals surface area (Å²) in [6.07, 6.45) is 1.50. The van der Waals surface area contributed by atoms with E-state index < -0.39 is 5.82 Å². The summed E-state index contributed by atoms with van der Waals surface area (Å²) >= 11 is 0. The van der Waals surface area contributed by atoms with Crippen molar-refractivity contribution in [2.45, 2.75) is 0 Å². The van der Waals surface area contributed by atoms with Gasteiger partial charge in [-0.3, -0.25) is 0 Å². The summed E-state index contributed by atoms with van der Waals surface area (Å²) in [5.41, 5.74) is 9.37. The van der Waals surface area contributed by atoms with Crippen molar-refractivity contribution in [2.24, 2.45) is 0 Å². The van der Waals surface area contributed by atoms with Gasteiger partial charge in [0, 0.05) is 28.5 Å². The fourth-order valence-electron chi connectivity index (χ4n) is 3.08. The van der Waals surface area contributed by atoms with Crippen molar-refractivity contribution in [1.82, 2.24) is 4.98 Å². The van der Waals surface area contributed by atoms with Crippen LogP contribution in [0.2, 0.25) is 0 Å². The van der Waals surface area contributed by atoms with Crippen molar-refractivity contribution in [2.75, 3.05) is 5.73 Å². The molecule has 27 heavy (non-hydrogen) atoms. The Morgan fingerprint density at radius 2 is 1.33 bits per heavy atom. The topological polar surface area (TPSA) is 38.9 Å². The Kier molecular flexibility index (Phi) is 4.38. The summed E-state index contributed by atoms with van der Waals surface area (Å²) in [6.45, 7) is 0. The Morgan fingerprint density at radius 1 is 0.593 bits per heavy atom. The van der Waals surface area contributed by atoms with Crippen LogP contribution in [0.15, 0.2) is 85.1 Å². The van der Waals surface area contributed by atoms with E-state index in [1.165, 1.54) is 18.3 Å². The predicted molar refractivity (Wildman–Crippen MR) is 105 cm³/mol. The molecule has 0 unspecified atom stereocenters. The van der Waals surface area contributed by atoms with Crippen LogP contribution in [0.5, 0.6) is 0 Å². The fourth-order valence-corrected chi connectivity index (χ4v) is 3.08. The van der Waals surface area contributed by atoms with Crippen molar-refractivity contribution < 1.29 is 8.78 Å². The summed E-state index contributed by atoms with van der Waals surface area (Å²) in [5.74, 6) is -0.574. The van der Waals surface area contributed by atoms with Gasteiger partial charge >= 0.3 is 0 Å². The molecule has 0 amide bonds. The van der Waals surface area contributed by atoms with Crippen LogP contribution in [0.25, 0.3) is 33.4 Å². The second-order valence-corrected chi connectivity index (χ2v) is 6.20. The molecule has 0 saturated carbocycles. The molecule has 132 valence electrons. The van der Waals surface area contributed by atoms with E-state index in [9.17, 15) is 8.78 Å². The highest BCUT2D eigenvalue weighted by molar-refractivity contribution is 5.80. The molecule has 0 fully saturated rings. The van der Waals surface area contributed by atoms with E-state index >= 15 is 0 Å². The van der Waals surface area contributed by atoms with Gasteiger partial charge in [-0.25, -0.2) is 13.8 Å². The van der Waals surface area contributed by atoms with Gasteiger partial charge in [-0.2, -0.15) is 0 Å². The van der Waals surface area contributed by atoms with Gasteiger partial charge in [-0.15, -0.1) is 0 Å². The molecule has 0 aliphatic heterocycles. The minimum atomic E-state index is -0.400. The van der Waals surface area contributed by atoms with E-state index in [0.717, 1.165) is 11.1 Å². The quantitative estimate of drug-likeness (QED) is 0.492. The predicted octanol–water partition coefficient (Wildman–Crippen LogP) is 5.94. The lowest BCUT2D eigenvalue weighted by atomic mass is 9.98. The molecule has 4 heteroatoms. The molecular weight excluding hydrogens is 342 g/mol. The maximum atomic E-state index is 14.8. The largest absolute Gasteiger partial charge is 0.383 e. The highest BCUT2D eigenvalue weighted by Crippen LogP contribution is 2.33. The van der Waals surface area contributed by atoms with Crippen LogP contribution in [-0.4, -0.2) is 4.98 Å². The zero-order valence-electron chi connectivity index (χ0n) is 14.4. The molecule has 0 radical (unpaired) electrons. The second kappa shape index (κ2) is 7.00.